The van der Waals surface area contributed by atoms with Crippen LogP contribution in [-0.4, -0.2) is 32.5 Å². The standard InChI is InChI=1S/C13H15FN4O2S/c1-9-6-10(14)4-5-12(9)21(19,20)17-11-7-15-13(16-8-11)18(2)3/h4-8,17H,1-3H3. The molecule has 21 heavy (non-hydrogen) atoms. The SMILES string of the molecule is Cc1cc(F)ccc1S(=O)(=O)Nc1cnc(N(C)C)nc1. The molecule has 0 aliphatic rings. The zero-order valence-electron chi connectivity index (χ0n) is 11.8. The minimum Gasteiger partial charge on any atom is -0.347 e. The fourth-order valence-electron chi connectivity index (χ4n) is 1.73. The van der Waals surface area contributed by atoms with Gasteiger partial charge in [0.2, 0.25) is 5.95 Å². The number of hydrogen-bond donors (Lipinski definition) is 1. The summed E-state index contributed by atoms with van der Waals surface area (Å²) in [5, 5.41) is 0. The molecule has 0 fully saturated rings. The Labute approximate surface area is 122 Å². The van der Waals surface area contributed by atoms with Crippen molar-refractivity contribution in [3.8, 4) is 0 Å². The van der Waals surface area contributed by atoms with Gasteiger partial charge in [-0.05, 0) is 30.7 Å². The Hall–Kier alpha value is -2.22. The Kier molecular flexibility index (Phi) is 4.08. The molecular formula is C13H15FN4O2S. The molecule has 1 aromatic carbocycles. The summed E-state index contributed by atoms with van der Waals surface area (Å²) < 4.78 is 39.9. The van der Waals surface area contributed by atoms with Crippen molar-refractivity contribution in [2.75, 3.05) is 23.7 Å². The second-order valence-corrected chi connectivity index (χ2v) is 6.33. The number of benzene rings is 1. The molecule has 0 aliphatic heterocycles. The minimum atomic E-state index is -3.80. The van der Waals surface area contributed by atoms with Crippen LogP contribution in [0.3, 0.4) is 0 Å². The van der Waals surface area contributed by atoms with Gasteiger partial charge < -0.3 is 4.90 Å². The van der Waals surface area contributed by atoms with E-state index in [1.807, 2.05) is 0 Å². The number of anilines is 2. The van der Waals surface area contributed by atoms with Gasteiger partial charge in [0, 0.05) is 14.1 Å². The van der Waals surface area contributed by atoms with E-state index in [0.29, 0.717) is 11.5 Å². The first-order valence-corrected chi connectivity index (χ1v) is 7.56. The van der Waals surface area contributed by atoms with Crippen molar-refractivity contribution in [2.45, 2.75) is 11.8 Å². The summed E-state index contributed by atoms with van der Waals surface area (Å²) in [4.78, 5) is 9.75. The topological polar surface area (TPSA) is 75.2 Å². The van der Waals surface area contributed by atoms with Crippen molar-refractivity contribution < 1.29 is 12.8 Å². The van der Waals surface area contributed by atoms with Gasteiger partial charge in [0.25, 0.3) is 10.0 Å². The number of hydrogen-bond acceptors (Lipinski definition) is 5. The van der Waals surface area contributed by atoms with Crippen LogP contribution in [0.5, 0.6) is 0 Å². The van der Waals surface area contributed by atoms with E-state index in [0.717, 1.165) is 6.07 Å². The molecule has 0 amide bonds. The van der Waals surface area contributed by atoms with Crippen LogP contribution in [0, 0.1) is 12.7 Å². The van der Waals surface area contributed by atoms with Crippen molar-refractivity contribution >= 4 is 21.7 Å². The van der Waals surface area contributed by atoms with Crippen LogP contribution in [0.15, 0.2) is 35.5 Å². The maximum atomic E-state index is 13.0. The van der Waals surface area contributed by atoms with Gasteiger partial charge in [0.05, 0.1) is 23.0 Å². The summed E-state index contributed by atoms with van der Waals surface area (Å²) in [7, 11) is -0.246. The number of halogens is 1. The number of aryl methyl sites for hydroxylation is 1. The molecule has 8 heteroatoms. The third kappa shape index (κ3) is 3.46. The van der Waals surface area contributed by atoms with Gasteiger partial charge in [-0.25, -0.2) is 22.8 Å². The number of rotatable bonds is 4. The number of sulfonamides is 1. The lowest BCUT2D eigenvalue weighted by molar-refractivity contribution is 0.598. The maximum Gasteiger partial charge on any atom is 0.262 e. The molecule has 2 rings (SSSR count). The lowest BCUT2D eigenvalue weighted by Crippen LogP contribution is -2.16. The third-order valence-corrected chi connectivity index (χ3v) is 4.26. The number of nitrogens with zero attached hydrogens (tertiary/aromatic N) is 3. The zero-order valence-corrected chi connectivity index (χ0v) is 12.6. The maximum absolute atomic E-state index is 13.0. The van der Waals surface area contributed by atoms with Gasteiger partial charge in [0.1, 0.15) is 5.82 Å². The minimum absolute atomic E-state index is 0.0144. The molecule has 0 unspecified atom stereocenters. The van der Waals surface area contributed by atoms with E-state index in [1.165, 1.54) is 31.5 Å². The monoisotopic (exact) mass is 310 g/mol. The van der Waals surface area contributed by atoms with Crippen LogP contribution in [0.1, 0.15) is 5.56 Å². The lowest BCUT2D eigenvalue weighted by Gasteiger charge is -2.12. The highest BCUT2D eigenvalue weighted by molar-refractivity contribution is 7.92. The van der Waals surface area contributed by atoms with Crippen molar-refractivity contribution in [1.82, 2.24) is 9.97 Å². The lowest BCUT2D eigenvalue weighted by atomic mass is 10.2. The van der Waals surface area contributed by atoms with E-state index in [2.05, 4.69) is 14.7 Å². The molecule has 1 heterocycles. The van der Waals surface area contributed by atoms with Crippen LogP contribution in [0.25, 0.3) is 0 Å². The Morgan fingerprint density at radius 2 is 1.81 bits per heavy atom. The highest BCUT2D eigenvalue weighted by Crippen LogP contribution is 2.19. The molecule has 0 spiro atoms. The fourth-order valence-corrected chi connectivity index (χ4v) is 2.98. The third-order valence-electron chi connectivity index (χ3n) is 2.72. The quantitative estimate of drug-likeness (QED) is 0.932. The molecule has 1 aromatic heterocycles. The van der Waals surface area contributed by atoms with Crippen LogP contribution in [-0.2, 0) is 10.0 Å². The van der Waals surface area contributed by atoms with Crippen LogP contribution in [0.2, 0.25) is 0 Å². The molecule has 1 N–H and O–H groups in total. The van der Waals surface area contributed by atoms with Gasteiger partial charge in [-0.2, -0.15) is 0 Å². The predicted octanol–water partition coefficient (Wildman–Crippen LogP) is 1.79. The van der Waals surface area contributed by atoms with Crippen molar-refractivity contribution in [3.05, 3.63) is 42.0 Å². The predicted molar refractivity (Wildman–Crippen MR) is 78.3 cm³/mol. The van der Waals surface area contributed by atoms with Gasteiger partial charge in [0.15, 0.2) is 0 Å². The molecule has 112 valence electrons. The van der Waals surface area contributed by atoms with E-state index in [1.54, 1.807) is 19.0 Å². The van der Waals surface area contributed by atoms with Crippen molar-refractivity contribution in [3.63, 3.8) is 0 Å². The molecule has 6 nitrogen and oxygen atoms in total. The second kappa shape index (κ2) is 5.65. The van der Waals surface area contributed by atoms with E-state index in [4.69, 9.17) is 0 Å². The van der Waals surface area contributed by atoms with Crippen LogP contribution in [0.4, 0.5) is 16.0 Å². The molecule has 0 aliphatic carbocycles. The van der Waals surface area contributed by atoms with Gasteiger partial charge >= 0.3 is 0 Å². The van der Waals surface area contributed by atoms with Crippen molar-refractivity contribution in [2.24, 2.45) is 0 Å². The first-order chi connectivity index (χ1) is 9.79. The normalized spacial score (nSPS) is 11.2. The Morgan fingerprint density at radius 3 is 2.33 bits per heavy atom. The summed E-state index contributed by atoms with van der Waals surface area (Å²) >= 11 is 0. The highest BCUT2D eigenvalue weighted by atomic mass is 32.2. The number of aromatic nitrogens is 2. The van der Waals surface area contributed by atoms with E-state index in [9.17, 15) is 12.8 Å². The molecule has 0 saturated heterocycles. The van der Waals surface area contributed by atoms with E-state index >= 15 is 0 Å². The van der Waals surface area contributed by atoms with Crippen molar-refractivity contribution in [1.29, 1.82) is 0 Å². The molecule has 0 radical (unpaired) electrons. The average molecular weight is 310 g/mol. The summed E-state index contributed by atoms with van der Waals surface area (Å²) in [6.45, 7) is 1.53. The Bertz CT molecular complexity index is 745. The smallest absolute Gasteiger partial charge is 0.262 e. The first kappa shape index (κ1) is 15.2. The summed E-state index contributed by atoms with van der Waals surface area (Å²) in [5.74, 6) is -0.0129. The van der Waals surface area contributed by atoms with E-state index in [-0.39, 0.29) is 10.6 Å². The van der Waals surface area contributed by atoms with Gasteiger partial charge in [-0.3, -0.25) is 4.72 Å². The molecule has 0 saturated carbocycles. The number of nitrogens with one attached hydrogen (secondary N) is 1. The fraction of sp³-hybridized carbons (Fsp3) is 0.231. The highest BCUT2D eigenvalue weighted by Gasteiger charge is 2.17. The zero-order chi connectivity index (χ0) is 15.6. The van der Waals surface area contributed by atoms with Crippen LogP contribution < -0.4 is 9.62 Å². The second-order valence-electron chi connectivity index (χ2n) is 4.68. The van der Waals surface area contributed by atoms with Gasteiger partial charge in [-0.1, -0.05) is 0 Å². The van der Waals surface area contributed by atoms with Gasteiger partial charge in [-0.15, -0.1) is 0 Å². The molecular weight excluding hydrogens is 295 g/mol. The summed E-state index contributed by atoms with van der Waals surface area (Å²) in [6, 6.07) is 3.50. The van der Waals surface area contributed by atoms with Crippen LogP contribution >= 0.6 is 0 Å². The largest absolute Gasteiger partial charge is 0.347 e. The average Bonchev–Trinajstić information content (AvgIpc) is 2.38. The summed E-state index contributed by atoms with van der Waals surface area (Å²) in [5.41, 5.74) is 0.567. The Morgan fingerprint density at radius 1 is 1.19 bits per heavy atom. The molecule has 2 aromatic rings. The molecule has 0 atom stereocenters. The Balaban J connectivity index is 2.28. The summed E-state index contributed by atoms with van der Waals surface area (Å²) in [6.07, 6.45) is 2.75. The van der Waals surface area contributed by atoms with E-state index < -0.39 is 15.8 Å². The first-order valence-electron chi connectivity index (χ1n) is 6.08. The molecule has 0 bridgehead atoms.